The SMILES string of the molecule is CC(c1ccccc1)N1CCC(NCc2ccc(C(=O)O)cc2)CC1. The number of hydrogen-bond donors (Lipinski definition) is 2. The van der Waals surface area contributed by atoms with Crippen LogP contribution in [0.1, 0.15) is 47.3 Å². The fraction of sp³-hybridized carbons (Fsp3) is 0.381. The fourth-order valence-electron chi connectivity index (χ4n) is 3.46. The summed E-state index contributed by atoms with van der Waals surface area (Å²) in [5.41, 5.74) is 2.85. The Morgan fingerprint density at radius 2 is 1.76 bits per heavy atom. The first-order valence-electron chi connectivity index (χ1n) is 8.98. The van der Waals surface area contributed by atoms with E-state index in [0.29, 0.717) is 17.6 Å². The van der Waals surface area contributed by atoms with Gasteiger partial charge in [0, 0.05) is 31.7 Å². The molecular weight excluding hydrogens is 312 g/mol. The van der Waals surface area contributed by atoms with Crippen LogP contribution in [0.2, 0.25) is 0 Å². The standard InChI is InChI=1S/C21H26N2O2/c1-16(18-5-3-2-4-6-18)23-13-11-20(12-14-23)22-15-17-7-9-19(10-8-17)21(24)25/h2-10,16,20,22H,11-15H2,1H3,(H,24,25). The molecule has 4 heteroatoms. The number of carbonyl (C=O) groups is 1. The lowest BCUT2D eigenvalue weighted by Gasteiger charge is -2.36. The van der Waals surface area contributed by atoms with Crippen LogP contribution in [0.15, 0.2) is 54.6 Å². The highest BCUT2D eigenvalue weighted by atomic mass is 16.4. The third kappa shape index (κ3) is 4.68. The maximum Gasteiger partial charge on any atom is 0.335 e. The lowest BCUT2D eigenvalue weighted by Crippen LogP contribution is -2.43. The van der Waals surface area contributed by atoms with Crippen LogP contribution in [-0.4, -0.2) is 35.1 Å². The smallest absolute Gasteiger partial charge is 0.335 e. The molecule has 2 aromatic carbocycles. The van der Waals surface area contributed by atoms with Crippen molar-refractivity contribution in [3.05, 3.63) is 71.3 Å². The van der Waals surface area contributed by atoms with Crippen molar-refractivity contribution in [3.8, 4) is 0 Å². The molecule has 25 heavy (non-hydrogen) atoms. The summed E-state index contributed by atoms with van der Waals surface area (Å²) in [6.07, 6.45) is 2.29. The van der Waals surface area contributed by atoms with Crippen molar-refractivity contribution in [2.75, 3.05) is 13.1 Å². The summed E-state index contributed by atoms with van der Waals surface area (Å²) in [7, 11) is 0. The Kier molecular flexibility index (Phi) is 5.84. The lowest BCUT2D eigenvalue weighted by molar-refractivity contribution is 0.0697. The summed E-state index contributed by atoms with van der Waals surface area (Å²) in [5, 5.41) is 12.6. The van der Waals surface area contributed by atoms with Crippen LogP contribution in [-0.2, 0) is 6.54 Å². The number of hydrogen-bond acceptors (Lipinski definition) is 3. The van der Waals surface area contributed by atoms with Gasteiger partial charge in [0.2, 0.25) is 0 Å². The zero-order chi connectivity index (χ0) is 17.6. The summed E-state index contributed by atoms with van der Waals surface area (Å²) in [6, 6.07) is 18.8. The molecule has 0 bridgehead atoms. The molecule has 1 unspecified atom stereocenters. The minimum atomic E-state index is -0.876. The van der Waals surface area contributed by atoms with E-state index in [4.69, 9.17) is 5.11 Å². The van der Waals surface area contributed by atoms with Gasteiger partial charge in [0.15, 0.2) is 0 Å². The van der Waals surface area contributed by atoms with Crippen LogP contribution in [0.3, 0.4) is 0 Å². The zero-order valence-electron chi connectivity index (χ0n) is 14.7. The van der Waals surface area contributed by atoms with Crippen molar-refractivity contribution in [2.45, 2.75) is 38.4 Å². The third-order valence-electron chi connectivity index (χ3n) is 5.15. The van der Waals surface area contributed by atoms with E-state index in [-0.39, 0.29) is 0 Å². The van der Waals surface area contributed by atoms with E-state index in [1.54, 1.807) is 12.1 Å². The van der Waals surface area contributed by atoms with Gasteiger partial charge in [0.05, 0.1) is 5.56 Å². The van der Waals surface area contributed by atoms with Gasteiger partial charge in [-0.25, -0.2) is 4.79 Å². The molecule has 0 saturated carbocycles. The number of aromatic carboxylic acids is 1. The molecule has 0 aliphatic carbocycles. The van der Waals surface area contributed by atoms with E-state index in [9.17, 15) is 4.79 Å². The van der Waals surface area contributed by atoms with Gasteiger partial charge in [-0.3, -0.25) is 4.90 Å². The summed E-state index contributed by atoms with van der Waals surface area (Å²) in [4.78, 5) is 13.4. The number of piperidine rings is 1. The predicted molar refractivity (Wildman–Crippen MR) is 99.7 cm³/mol. The van der Waals surface area contributed by atoms with Crippen LogP contribution >= 0.6 is 0 Å². The largest absolute Gasteiger partial charge is 0.478 e. The molecule has 3 rings (SSSR count). The highest BCUT2D eigenvalue weighted by molar-refractivity contribution is 5.87. The summed E-state index contributed by atoms with van der Waals surface area (Å²) in [6.45, 7) is 5.28. The molecule has 0 amide bonds. The molecular formula is C21H26N2O2. The van der Waals surface area contributed by atoms with E-state index in [1.165, 1.54) is 5.56 Å². The van der Waals surface area contributed by atoms with E-state index >= 15 is 0 Å². The second-order valence-electron chi connectivity index (χ2n) is 6.78. The summed E-state index contributed by atoms with van der Waals surface area (Å²) >= 11 is 0. The van der Waals surface area contributed by atoms with Gasteiger partial charge in [-0.2, -0.15) is 0 Å². The molecule has 0 spiro atoms. The number of benzene rings is 2. The van der Waals surface area contributed by atoms with E-state index in [0.717, 1.165) is 38.0 Å². The van der Waals surface area contributed by atoms with E-state index in [2.05, 4.69) is 47.5 Å². The van der Waals surface area contributed by atoms with Gasteiger partial charge >= 0.3 is 5.97 Å². The fourth-order valence-corrected chi connectivity index (χ4v) is 3.46. The molecule has 0 radical (unpaired) electrons. The lowest BCUT2D eigenvalue weighted by atomic mass is 10.00. The summed E-state index contributed by atoms with van der Waals surface area (Å²) in [5.74, 6) is -0.876. The van der Waals surface area contributed by atoms with Gasteiger partial charge in [-0.1, -0.05) is 42.5 Å². The normalized spacial score (nSPS) is 17.3. The van der Waals surface area contributed by atoms with Crippen molar-refractivity contribution in [1.82, 2.24) is 10.2 Å². The first-order chi connectivity index (χ1) is 12.1. The van der Waals surface area contributed by atoms with Gasteiger partial charge in [-0.15, -0.1) is 0 Å². The van der Waals surface area contributed by atoms with Crippen molar-refractivity contribution < 1.29 is 9.90 Å². The molecule has 1 atom stereocenters. The molecule has 1 saturated heterocycles. The maximum atomic E-state index is 10.9. The molecule has 1 heterocycles. The van der Waals surface area contributed by atoms with E-state index in [1.807, 2.05) is 12.1 Å². The number of rotatable bonds is 6. The zero-order valence-corrected chi connectivity index (χ0v) is 14.7. The van der Waals surface area contributed by atoms with Crippen molar-refractivity contribution in [2.24, 2.45) is 0 Å². The van der Waals surface area contributed by atoms with Crippen molar-refractivity contribution in [1.29, 1.82) is 0 Å². The minimum absolute atomic E-state index is 0.340. The van der Waals surface area contributed by atoms with Crippen LogP contribution in [0.25, 0.3) is 0 Å². The van der Waals surface area contributed by atoms with Crippen LogP contribution < -0.4 is 5.32 Å². The molecule has 0 aromatic heterocycles. The topological polar surface area (TPSA) is 52.6 Å². The van der Waals surface area contributed by atoms with Gasteiger partial charge in [0.25, 0.3) is 0 Å². The second-order valence-corrected chi connectivity index (χ2v) is 6.78. The highest BCUT2D eigenvalue weighted by Gasteiger charge is 2.23. The molecule has 2 N–H and O–H groups in total. The highest BCUT2D eigenvalue weighted by Crippen LogP contribution is 2.24. The molecule has 1 fully saturated rings. The maximum absolute atomic E-state index is 10.9. The Hall–Kier alpha value is -2.17. The monoisotopic (exact) mass is 338 g/mol. The van der Waals surface area contributed by atoms with Gasteiger partial charge in [-0.05, 0) is 43.0 Å². The average molecular weight is 338 g/mol. The molecule has 4 nitrogen and oxygen atoms in total. The van der Waals surface area contributed by atoms with Crippen molar-refractivity contribution >= 4 is 5.97 Å². The third-order valence-corrected chi connectivity index (χ3v) is 5.15. The summed E-state index contributed by atoms with van der Waals surface area (Å²) < 4.78 is 0. The Morgan fingerprint density at radius 1 is 1.12 bits per heavy atom. The Morgan fingerprint density at radius 3 is 2.36 bits per heavy atom. The van der Waals surface area contributed by atoms with Gasteiger partial charge < -0.3 is 10.4 Å². The van der Waals surface area contributed by atoms with Crippen molar-refractivity contribution in [3.63, 3.8) is 0 Å². The van der Waals surface area contributed by atoms with Crippen LogP contribution in [0.4, 0.5) is 0 Å². The van der Waals surface area contributed by atoms with Crippen LogP contribution in [0.5, 0.6) is 0 Å². The number of carboxylic acids is 1. The number of nitrogens with zero attached hydrogens (tertiary/aromatic N) is 1. The molecule has 1 aliphatic heterocycles. The molecule has 2 aromatic rings. The molecule has 1 aliphatic rings. The average Bonchev–Trinajstić information content (AvgIpc) is 2.67. The van der Waals surface area contributed by atoms with Crippen LogP contribution in [0, 0.1) is 0 Å². The quantitative estimate of drug-likeness (QED) is 0.843. The molecule has 132 valence electrons. The number of carboxylic acid groups (broad SMARTS) is 1. The van der Waals surface area contributed by atoms with E-state index < -0.39 is 5.97 Å². The second kappa shape index (κ2) is 8.28. The Bertz CT molecular complexity index is 677. The number of nitrogens with one attached hydrogen (secondary N) is 1. The minimum Gasteiger partial charge on any atom is -0.478 e. The Labute approximate surface area is 149 Å². The number of likely N-dealkylation sites (tertiary alicyclic amines) is 1. The van der Waals surface area contributed by atoms with Gasteiger partial charge in [0.1, 0.15) is 0 Å². The first kappa shape index (κ1) is 17.6. The Balaban J connectivity index is 1.45. The predicted octanol–water partition coefficient (Wildman–Crippen LogP) is 3.70. The first-order valence-corrected chi connectivity index (χ1v) is 8.98.